The number of rotatable bonds is 4. The van der Waals surface area contributed by atoms with Crippen molar-refractivity contribution in [3.8, 4) is 0 Å². The van der Waals surface area contributed by atoms with Crippen LogP contribution in [0.25, 0.3) is 0 Å². The second-order valence-electron chi connectivity index (χ2n) is 2.64. The van der Waals surface area contributed by atoms with Crippen LogP contribution in [0.5, 0.6) is 0 Å². The fraction of sp³-hybridized carbons (Fsp3) is 0.286. The van der Waals surface area contributed by atoms with E-state index in [1.165, 1.54) is 29.3 Å². The number of nitro groups is 1. The Hall–Kier alpha value is -1.06. The predicted octanol–water partition coefficient (Wildman–Crippen LogP) is 2.62. The number of hydrogen-bond acceptors (Lipinski definition) is 8. The smallest absolute Gasteiger partial charge is 0.257 e. The van der Waals surface area contributed by atoms with E-state index in [0.717, 1.165) is 27.1 Å². The molecule has 9 heteroatoms. The summed E-state index contributed by atoms with van der Waals surface area (Å²) in [5, 5.41) is 19.4. The first-order chi connectivity index (χ1) is 7.69. The van der Waals surface area contributed by atoms with Gasteiger partial charge in [-0.3, -0.25) is 10.1 Å². The Labute approximate surface area is 103 Å². The van der Waals surface area contributed by atoms with E-state index >= 15 is 0 Å². The van der Waals surface area contributed by atoms with Gasteiger partial charge in [-0.1, -0.05) is 18.3 Å². The van der Waals surface area contributed by atoms with Crippen LogP contribution in [0.3, 0.4) is 0 Å². The summed E-state index contributed by atoms with van der Waals surface area (Å²) in [5.74, 6) is 0. The van der Waals surface area contributed by atoms with Crippen molar-refractivity contribution in [2.75, 3.05) is 0 Å². The highest BCUT2D eigenvalue weighted by atomic mass is 32.2. The van der Waals surface area contributed by atoms with Crippen LogP contribution in [0, 0.1) is 10.1 Å². The van der Waals surface area contributed by atoms with Gasteiger partial charge in [0, 0.05) is 0 Å². The molecule has 0 radical (unpaired) electrons. The van der Waals surface area contributed by atoms with E-state index in [1.54, 1.807) is 0 Å². The van der Waals surface area contributed by atoms with Crippen molar-refractivity contribution in [2.24, 2.45) is 0 Å². The monoisotopic (exact) mass is 274 g/mol. The van der Waals surface area contributed by atoms with Gasteiger partial charge in [0.2, 0.25) is 0 Å². The first-order valence-corrected chi connectivity index (χ1v) is 6.74. The van der Waals surface area contributed by atoms with Crippen molar-refractivity contribution in [3.63, 3.8) is 0 Å². The predicted molar refractivity (Wildman–Crippen MR) is 62.2 cm³/mol. The zero-order chi connectivity index (χ0) is 11.5. The SMILES string of the molecule is CCc1nnc(Sc2ncc([N+](=O)[O-])s2)s1. The zero-order valence-electron chi connectivity index (χ0n) is 8.11. The van der Waals surface area contributed by atoms with Gasteiger partial charge in [-0.2, -0.15) is 0 Å². The largest absolute Gasteiger partial charge is 0.344 e. The van der Waals surface area contributed by atoms with Crippen LogP contribution in [-0.4, -0.2) is 20.1 Å². The lowest BCUT2D eigenvalue weighted by molar-refractivity contribution is -0.380. The summed E-state index contributed by atoms with van der Waals surface area (Å²) in [7, 11) is 0. The molecule has 0 N–H and O–H groups in total. The third-order valence-electron chi connectivity index (χ3n) is 1.58. The molecule has 16 heavy (non-hydrogen) atoms. The lowest BCUT2D eigenvalue weighted by Crippen LogP contribution is -1.80. The molecule has 0 saturated carbocycles. The van der Waals surface area contributed by atoms with Gasteiger partial charge in [0.25, 0.3) is 0 Å². The van der Waals surface area contributed by atoms with Crippen LogP contribution < -0.4 is 0 Å². The average Bonchev–Trinajstić information content (AvgIpc) is 2.87. The molecule has 2 heterocycles. The van der Waals surface area contributed by atoms with Gasteiger partial charge in [-0.15, -0.1) is 10.2 Å². The Morgan fingerprint density at radius 3 is 2.81 bits per heavy atom. The molecule has 0 bridgehead atoms. The molecule has 0 amide bonds. The van der Waals surface area contributed by atoms with Gasteiger partial charge in [-0.05, 0) is 29.5 Å². The summed E-state index contributed by atoms with van der Waals surface area (Å²) in [4.78, 5) is 14.0. The highest BCUT2D eigenvalue weighted by Crippen LogP contribution is 2.35. The fourth-order valence-electron chi connectivity index (χ4n) is 0.879. The van der Waals surface area contributed by atoms with Crippen LogP contribution in [-0.2, 0) is 6.42 Å². The average molecular weight is 274 g/mol. The Morgan fingerprint density at radius 2 is 2.25 bits per heavy atom. The molecule has 0 aliphatic carbocycles. The van der Waals surface area contributed by atoms with Crippen molar-refractivity contribution in [3.05, 3.63) is 21.3 Å². The molecule has 6 nitrogen and oxygen atoms in total. The molecule has 2 aromatic rings. The summed E-state index contributed by atoms with van der Waals surface area (Å²) in [5.41, 5.74) is 0. The van der Waals surface area contributed by atoms with Crippen LogP contribution in [0.1, 0.15) is 11.9 Å². The van der Waals surface area contributed by atoms with Crippen molar-refractivity contribution < 1.29 is 4.92 Å². The fourth-order valence-corrected chi connectivity index (χ4v) is 3.70. The summed E-state index contributed by atoms with van der Waals surface area (Å²) >= 11 is 3.84. The first kappa shape index (κ1) is 11.4. The van der Waals surface area contributed by atoms with E-state index < -0.39 is 4.92 Å². The van der Waals surface area contributed by atoms with Crippen molar-refractivity contribution in [2.45, 2.75) is 22.0 Å². The van der Waals surface area contributed by atoms with Gasteiger partial charge in [0.1, 0.15) is 11.2 Å². The maximum atomic E-state index is 10.5. The molecule has 0 spiro atoms. The van der Waals surface area contributed by atoms with E-state index in [9.17, 15) is 10.1 Å². The van der Waals surface area contributed by atoms with Crippen LogP contribution in [0.4, 0.5) is 5.00 Å². The van der Waals surface area contributed by atoms with E-state index in [-0.39, 0.29) is 5.00 Å². The minimum atomic E-state index is -0.445. The summed E-state index contributed by atoms with van der Waals surface area (Å²) in [6.45, 7) is 2.00. The molecule has 0 aliphatic heterocycles. The van der Waals surface area contributed by atoms with Gasteiger partial charge < -0.3 is 0 Å². The standard InChI is InChI=1S/C7H6N4O2S3/c1-2-4-9-10-7(14-4)16-6-8-3-5(15-6)11(12)13/h3H,2H2,1H3. The maximum Gasteiger partial charge on any atom is 0.344 e. The third-order valence-corrected chi connectivity index (χ3v) is 4.72. The minimum absolute atomic E-state index is 0.0442. The summed E-state index contributed by atoms with van der Waals surface area (Å²) in [6.07, 6.45) is 2.10. The topological polar surface area (TPSA) is 81.8 Å². The van der Waals surface area contributed by atoms with Crippen molar-refractivity contribution in [1.29, 1.82) is 0 Å². The third kappa shape index (κ3) is 2.54. The molecule has 0 fully saturated rings. The minimum Gasteiger partial charge on any atom is -0.257 e. The Bertz CT molecular complexity index is 509. The first-order valence-electron chi connectivity index (χ1n) is 4.29. The molecule has 0 aromatic carbocycles. The molecular weight excluding hydrogens is 268 g/mol. The quantitative estimate of drug-likeness (QED) is 0.629. The van der Waals surface area contributed by atoms with E-state index in [2.05, 4.69) is 15.2 Å². The highest BCUT2D eigenvalue weighted by molar-refractivity contribution is 8.02. The number of aryl methyl sites for hydroxylation is 1. The molecular formula is C7H6N4O2S3. The lowest BCUT2D eigenvalue weighted by Gasteiger charge is -1.86. The molecule has 2 aromatic heterocycles. The van der Waals surface area contributed by atoms with Crippen molar-refractivity contribution >= 4 is 39.4 Å². The molecule has 84 valence electrons. The number of thiazole rings is 1. The Kier molecular flexibility index (Phi) is 3.46. The van der Waals surface area contributed by atoms with Gasteiger partial charge in [0.05, 0.1) is 4.92 Å². The van der Waals surface area contributed by atoms with E-state index in [0.29, 0.717) is 4.34 Å². The van der Waals surface area contributed by atoms with Gasteiger partial charge >= 0.3 is 5.00 Å². The molecule has 0 atom stereocenters. The number of nitrogens with zero attached hydrogens (tertiary/aromatic N) is 4. The normalized spacial score (nSPS) is 10.6. The van der Waals surface area contributed by atoms with Gasteiger partial charge in [-0.25, -0.2) is 4.98 Å². The van der Waals surface area contributed by atoms with Crippen molar-refractivity contribution in [1.82, 2.24) is 15.2 Å². The molecule has 0 saturated heterocycles. The highest BCUT2D eigenvalue weighted by Gasteiger charge is 2.14. The van der Waals surface area contributed by atoms with Crippen LogP contribution in [0.2, 0.25) is 0 Å². The number of aromatic nitrogens is 3. The summed E-state index contributed by atoms with van der Waals surface area (Å²) in [6, 6.07) is 0. The zero-order valence-corrected chi connectivity index (χ0v) is 10.6. The Balaban J connectivity index is 2.11. The van der Waals surface area contributed by atoms with Crippen LogP contribution in [0.15, 0.2) is 14.9 Å². The second-order valence-corrected chi connectivity index (χ2v) is 6.20. The van der Waals surface area contributed by atoms with Crippen LogP contribution >= 0.6 is 34.4 Å². The van der Waals surface area contributed by atoms with E-state index in [1.807, 2.05) is 6.92 Å². The second kappa shape index (κ2) is 4.85. The molecule has 0 aliphatic rings. The van der Waals surface area contributed by atoms with E-state index in [4.69, 9.17) is 0 Å². The van der Waals surface area contributed by atoms with Gasteiger partial charge in [0.15, 0.2) is 8.68 Å². The lowest BCUT2D eigenvalue weighted by atomic mass is 10.5. The summed E-state index contributed by atoms with van der Waals surface area (Å²) < 4.78 is 1.38. The maximum absolute atomic E-state index is 10.5. The molecule has 0 unspecified atom stereocenters. The number of hydrogen-bond donors (Lipinski definition) is 0. The Morgan fingerprint density at radius 1 is 1.44 bits per heavy atom. The molecule has 2 rings (SSSR count).